The van der Waals surface area contributed by atoms with Gasteiger partial charge in [0.15, 0.2) is 5.76 Å². The lowest BCUT2D eigenvalue weighted by atomic mass is 10.3. The Balaban J connectivity index is 1.90. The van der Waals surface area contributed by atoms with Gasteiger partial charge in [-0.25, -0.2) is 4.98 Å². The lowest BCUT2D eigenvalue weighted by Gasteiger charge is -2.13. The largest absolute Gasteiger partial charge is 0.360 e. The molecule has 1 N–H and O–H groups in total. The van der Waals surface area contributed by atoms with E-state index in [0.717, 1.165) is 36.9 Å². The van der Waals surface area contributed by atoms with Crippen LogP contribution in [0.1, 0.15) is 17.3 Å². The minimum atomic E-state index is 0.726. The van der Waals surface area contributed by atoms with Gasteiger partial charge < -0.3 is 14.4 Å². The first-order valence-electron chi connectivity index (χ1n) is 5.93. The van der Waals surface area contributed by atoms with Crippen LogP contribution in [0.5, 0.6) is 0 Å². The first-order chi connectivity index (χ1) is 8.69. The van der Waals surface area contributed by atoms with Crippen molar-refractivity contribution in [2.24, 2.45) is 7.05 Å². The third-order valence-corrected chi connectivity index (χ3v) is 2.72. The van der Waals surface area contributed by atoms with Crippen molar-refractivity contribution < 1.29 is 4.52 Å². The zero-order valence-corrected chi connectivity index (χ0v) is 11.1. The van der Waals surface area contributed by atoms with E-state index in [-0.39, 0.29) is 0 Å². The monoisotopic (exact) mass is 249 g/mol. The van der Waals surface area contributed by atoms with E-state index < -0.39 is 0 Å². The summed E-state index contributed by atoms with van der Waals surface area (Å²) in [5, 5.41) is 7.03. The van der Waals surface area contributed by atoms with Crippen molar-refractivity contribution in [3.63, 3.8) is 0 Å². The summed E-state index contributed by atoms with van der Waals surface area (Å²) in [4.78, 5) is 6.44. The molecule has 2 aromatic heterocycles. The molecule has 0 aromatic carbocycles. The molecule has 0 aliphatic rings. The smallest absolute Gasteiger partial charge is 0.151 e. The molecule has 0 atom stereocenters. The quantitative estimate of drug-likeness (QED) is 0.819. The van der Waals surface area contributed by atoms with E-state index in [1.165, 1.54) is 0 Å². The van der Waals surface area contributed by atoms with Gasteiger partial charge in [-0.15, -0.1) is 0 Å². The molecule has 0 spiro atoms. The Bertz CT molecular complexity index is 490. The molecule has 6 heteroatoms. The third-order valence-electron chi connectivity index (χ3n) is 2.72. The summed E-state index contributed by atoms with van der Waals surface area (Å²) >= 11 is 0. The van der Waals surface area contributed by atoms with Crippen molar-refractivity contribution in [1.29, 1.82) is 0 Å². The lowest BCUT2D eigenvalue weighted by molar-refractivity contribution is 0.259. The molecule has 0 aliphatic carbocycles. The molecule has 0 saturated heterocycles. The molecule has 2 aromatic rings. The molecule has 18 heavy (non-hydrogen) atoms. The molecule has 98 valence electrons. The first kappa shape index (κ1) is 12.8. The van der Waals surface area contributed by atoms with Crippen LogP contribution in [-0.4, -0.2) is 33.7 Å². The van der Waals surface area contributed by atoms with Crippen LogP contribution < -0.4 is 5.32 Å². The standard InChI is InChI=1S/C12H19N5O/c1-13-7-10-6-11(18-15-10)8-16(2)9-12-14-4-5-17(12)3/h4-6,13H,7-9H2,1-3H3. The van der Waals surface area contributed by atoms with Crippen molar-refractivity contribution >= 4 is 0 Å². The van der Waals surface area contributed by atoms with E-state index in [9.17, 15) is 0 Å². The van der Waals surface area contributed by atoms with Crippen molar-refractivity contribution in [1.82, 2.24) is 24.9 Å². The summed E-state index contributed by atoms with van der Waals surface area (Å²) in [7, 11) is 5.92. The fraction of sp³-hybridized carbons (Fsp3) is 0.500. The van der Waals surface area contributed by atoms with E-state index in [1.807, 2.05) is 44.2 Å². The molecule has 0 aliphatic heterocycles. The van der Waals surface area contributed by atoms with Crippen molar-refractivity contribution in [3.05, 3.63) is 35.7 Å². The van der Waals surface area contributed by atoms with Crippen LogP contribution in [0.4, 0.5) is 0 Å². The van der Waals surface area contributed by atoms with Crippen molar-refractivity contribution in [2.45, 2.75) is 19.6 Å². The van der Waals surface area contributed by atoms with Gasteiger partial charge in [0.05, 0.1) is 18.8 Å². The molecule has 2 rings (SSSR count). The second-order valence-corrected chi connectivity index (χ2v) is 4.44. The predicted octanol–water partition coefficient (Wildman–Crippen LogP) is 0.759. The summed E-state index contributed by atoms with van der Waals surface area (Å²) in [6.45, 7) is 2.24. The molecule has 0 unspecified atom stereocenters. The SMILES string of the molecule is CNCc1cc(CN(C)Cc2nccn2C)on1. The number of aryl methyl sites for hydroxylation is 1. The first-order valence-corrected chi connectivity index (χ1v) is 5.93. The Labute approximate surface area is 107 Å². The second kappa shape index (κ2) is 5.79. The van der Waals surface area contributed by atoms with E-state index in [1.54, 1.807) is 0 Å². The maximum atomic E-state index is 5.28. The Hall–Kier alpha value is -1.66. The van der Waals surface area contributed by atoms with E-state index in [0.29, 0.717) is 0 Å². The maximum absolute atomic E-state index is 5.28. The highest BCUT2D eigenvalue weighted by molar-refractivity contribution is 5.05. The zero-order valence-electron chi connectivity index (χ0n) is 11.1. The van der Waals surface area contributed by atoms with Crippen molar-refractivity contribution in [3.8, 4) is 0 Å². The van der Waals surface area contributed by atoms with Gasteiger partial charge in [-0.2, -0.15) is 0 Å². The van der Waals surface area contributed by atoms with Crippen LogP contribution in [0.15, 0.2) is 23.0 Å². The highest BCUT2D eigenvalue weighted by Gasteiger charge is 2.09. The van der Waals surface area contributed by atoms with Crippen LogP contribution in [0.2, 0.25) is 0 Å². The van der Waals surface area contributed by atoms with Crippen LogP contribution >= 0.6 is 0 Å². The number of nitrogens with one attached hydrogen (secondary N) is 1. The van der Waals surface area contributed by atoms with Gasteiger partial charge in [-0.1, -0.05) is 5.16 Å². The number of hydrogen-bond acceptors (Lipinski definition) is 5. The summed E-state index contributed by atoms with van der Waals surface area (Å²) < 4.78 is 7.30. The number of nitrogens with zero attached hydrogens (tertiary/aromatic N) is 4. The predicted molar refractivity (Wildman–Crippen MR) is 67.6 cm³/mol. The number of aromatic nitrogens is 3. The Kier molecular flexibility index (Phi) is 4.11. The number of imidazole rings is 1. The highest BCUT2D eigenvalue weighted by Crippen LogP contribution is 2.08. The van der Waals surface area contributed by atoms with E-state index in [4.69, 9.17) is 4.52 Å². The van der Waals surface area contributed by atoms with Gasteiger partial charge in [-0.05, 0) is 14.1 Å². The normalized spacial score (nSPS) is 11.3. The Morgan fingerprint density at radius 2 is 2.28 bits per heavy atom. The summed E-state index contributed by atoms with van der Waals surface area (Å²) in [6, 6.07) is 1.98. The van der Waals surface area contributed by atoms with Gasteiger partial charge >= 0.3 is 0 Å². The molecule has 0 amide bonds. The van der Waals surface area contributed by atoms with Gasteiger partial charge in [-0.3, -0.25) is 4.90 Å². The lowest BCUT2D eigenvalue weighted by Crippen LogP contribution is -2.19. The zero-order chi connectivity index (χ0) is 13.0. The fourth-order valence-corrected chi connectivity index (χ4v) is 1.81. The van der Waals surface area contributed by atoms with Gasteiger partial charge in [0.25, 0.3) is 0 Å². The van der Waals surface area contributed by atoms with E-state index in [2.05, 4.69) is 20.4 Å². The molecule has 0 radical (unpaired) electrons. The fourth-order valence-electron chi connectivity index (χ4n) is 1.81. The summed E-state index contributed by atoms with van der Waals surface area (Å²) in [5.74, 6) is 1.91. The number of rotatable bonds is 6. The third kappa shape index (κ3) is 3.18. The molecule has 2 heterocycles. The number of hydrogen-bond donors (Lipinski definition) is 1. The van der Waals surface area contributed by atoms with Crippen LogP contribution in [0, 0.1) is 0 Å². The highest BCUT2D eigenvalue weighted by atomic mass is 16.5. The Morgan fingerprint density at radius 1 is 1.44 bits per heavy atom. The molecular weight excluding hydrogens is 230 g/mol. The molecule has 0 saturated carbocycles. The minimum Gasteiger partial charge on any atom is -0.360 e. The van der Waals surface area contributed by atoms with E-state index >= 15 is 0 Å². The topological polar surface area (TPSA) is 59.1 Å². The molecular formula is C12H19N5O. The average molecular weight is 249 g/mol. The maximum Gasteiger partial charge on any atom is 0.151 e. The average Bonchev–Trinajstić information content (AvgIpc) is 2.90. The molecule has 0 fully saturated rings. The van der Waals surface area contributed by atoms with Gasteiger partial charge in [0.1, 0.15) is 5.82 Å². The van der Waals surface area contributed by atoms with Gasteiger partial charge in [0.2, 0.25) is 0 Å². The second-order valence-electron chi connectivity index (χ2n) is 4.44. The van der Waals surface area contributed by atoms with Crippen molar-refractivity contribution in [2.75, 3.05) is 14.1 Å². The summed E-state index contributed by atoms with van der Waals surface area (Å²) in [6.07, 6.45) is 3.76. The molecule has 6 nitrogen and oxygen atoms in total. The van der Waals surface area contributed by atoms with Crippen LogP contribution in [-0.2, 0) is 26.7 Å². The van der Waals surface area contributed by atoms with Gasteiger partial charge in [0, 0.05) is 32.1 Å². The molecule has 0 bridgehead atoms. The van der Waals surface area contributed by atoms with Crippen LogP contribution in [0.3, 0.4) is 0 Å². The Morgan fingerprint density at radius 3 is 2.94 bits per heavy atom. The summed E-state index contributed by atoms with van der Waals surface area (Å²) in [5.41, 5.74) is 0.929. The minimum absolute atomic E-state index is 0.726. The van der Waals surface area contributed by atoms with Crippen LogP contribution in [0.25, 0.3) is 0 Å².